The molecule has 0 aromatic heterocycles. The van der Waals surface area contributed by atoms with Gasteiger partial charge in [-0.15, -0.1) is 6.42 Å². The highest BCUT2D eigenvalue weighted by molar-refractivity contribution is 5.92. The van der Waals surface area contributed by atoms with Crippen molar-refractivity contribution < 1.29 is 23.9 Å². The van der Waals surface area contributed by atoms with Crippen LogP contribution in [0.3, 0.4) is 0 Å². The van der Waals surface area contributed by atoms with Crippen LogP contribution in [0.5, 0.6) is 0 Å². The smallest absolute Gasteiger partial charge is 0.408 e. The largest absolute Gasteiger partial charge is 0.444 e. The summed E-state index contributed by atoms with van der Waals surface area (Å²) in [4.78, 5) is 51.4. The highest BCUT2D eigenvalue weighted by Crippen LogP contribution is 2.22. The van der Waals surface area contributed by atoms with Crippen molar-refractivity contribution in [1.82, 2.24) is 15.5 Å². The summed E-state index contributed by atoms with van der Waals surface area (Å²) in [6.07, 6.45) is 6.12. The van der Waals surface area contributed by atoms with E-state index in [2.05, 4.69) is 16.6 Å². The molecule has 0 heterocycles. The van der Waals surface area contributed by atoms with E-state index in [0.717, 1.165) is 12.8 Å². The molecule has 0 bridgehead atoms. The minimum atomic E-state index is -1.12. The number of nitrogens with two attached hydrogens (primary N) is 1. The number of likely N-dealkylation sites (N-methyl/N-ethyl adjacent to an activating group) is 1. The van der Waals surface area contributed by atoms with Crippen molar-refractivity contribution in [3.63, 3.8) is 0 Å². The zero-order chi connectivity index (χ0) is 25.9. The van der Waals surface area contributed by atoms with Crippen molar-refractivity contribution in [2.24, 2.45) is 5.73 Å². The Morgan fingerprint density at radius 1 is 1.18 bits per heavy atom. The molecule has 0 saturated carbocycles. The maximum atomic E-state index is 13.4. The lowest BCUT2D eigenvalue weighted by Gasteiger charge is -2.31. The number of unbranched alkanes of at least 4 members (excludes halogenated alkanes) is 1. The quantitative estimate of drug-likeness (QED) is 0.336. The van der Waals surface area contributed by atoms with Gasteiger partial charge in [-0.2, -0.15) is 0 Å². The van der Waals surface area contributed by atoms with Crippen molar-refractivity contribution in [3.8, 4) is 12.3 Å². The first-order chi connectivity index (χ1) is 15.9. The topological polar surface area (TPSA) is 131 Å². The third kappa shape index (κ3) is 9.53. The third-order valence-corrected chi connectivity index (χ3v) is 4.87. The number of nitrogens with zero attached hydrogens (tertiary/aromatic N) is 1. The fraction of sp³-hybridized carbons (Fsp3) is 0.520. The number of amides is 4. The van der Waals surface area contributed by atoms with Gasteiger partial charge in [0.25, 0.3) is 0 Å². The lowest BCUT2D eigenvalue weighted by atomic mass is 10.0. The van der Waals surface area contributed by atoms with Gasteiger partial charge in [-0.3, -0.25) is 14.4 Å². The van der Waals surface area contributed by atoms with E-state index >= 15 is 0 Å². The van der Waals surface area contributed by atoms with Gasteiger partial charge in [0.15, 0.2) is 0 Å². The Kier molecular flexibility index (Phi) is 11.1. The zero-order valence-electron chi connectivity index (χ0n) is 20.6. The van der Waals surface area contributed by atoms with Crippen LogP contribution in [0.2, 0.25) is 0 Å². The van der Waals surface area contributed by atoms with Crippen molar-refractivity contribution in [3.05, 3.63) is 35.4 Å². The molecular formula is C25H36N4O5. The SMILES string of the molecule is C#Cc1ccc(C(C(=O)NCCCC)N(C)C(=O)C(CCC(N)=O)NC(=O)OC(C)(C)C)cc1. The summed E-state index contributed by atoms with van der Waals surface area (Å²) in [5.74, 6) is 0.958. The fourth-order valence-electron chi connectivity index (χ4n) is 3.16. The Labute approximate surface area is 201 Å². The number of carbonyl (C=O) groups excluding carboxylic acids is 4. The van der Waals surface area contributed by atoms with Gasteiger partial charge in [0, 0.05) is 25.6 Å². The maximum Gasteiger partial charge on any atom is 0.408 e. The molecule has 2 unspecified atom stereocenters. The second kappa shape index (κ2) is 13.2. The molecule has 0 saturated heterocycles. The van der Waals surface area contributed by atoms with Gasteiger partial charge in [0.05, 0.1) is 0 Å². The molecule has 2 atom stereocenters. The molecule has 1 aromatic carbocycles. The predicted octanol–water partition coefficient (Wildman–Crippen LogP) is 2.24. The van der Waals surface area contributed by atoms with Crippen LogP contribution in [0.4, 0.5) is 4.79 Å². The summed E-state index contributed by atoms with van der Waals surface area (Å²) in [6.45, 7) is 7.53. The van der Waals surface area contributed by atoms with Crippen molar-refractivity contribution in [2.45, 2.75) is 71.1 Å². The lowest BCUT2D eigenvalue weighted by Crippen LogP contribution is -2.52. The number of terminal acetylenes is 1. The molecule has 1 aromatic rings. The van der Waals surface area contributed by atoms with Crippen molar-refractivity contribution in [2.75, 3.05) is 13.6 Å². The minimum absolute atomic E-state index is 0.0437. The summed E-state index contributed by atoms with van der Waals surface area (Å²) < 4.78 is 5.25. The van der Waals surface area contributed by atoms with E-state index < -0.39 is 35.6 Å². The molecule has 1 rings (SSSR count). The molecule has 4 N–H and O–H groups in total. The molecule has 34 heavy (non-hydrogen) atoms. The Morgan fingerprint density at radius 2 is 1.79 bits per heavy atom. The number of benzene rings is 1. The van der Waals surface area contributed by atoms with Crippen LogP contribution in [0.15, 0.2) is 24.3 Å². The van der Waals surface area contributed by atoms with Gasteiger partial charge in [0.2, 0.25) is 17.7 Å². The van der Waals surface area contributed by atoms with E-state index in [9.17, 15) is 19.2 Å². The second-order valence-corrected chi connectivity index (χ2v) is 8.97. The minimum Gasteiger partial charge on any atom is -0.444 e. The molecule has 0 aliphatic rings. The average molecular weight is 473 g/mol. The molecular weight excluding hydrogens is 436 g/mol. The van der Waals surface area contributed by atoms with E-state index in [-0.39, 0.29) is 18.7 Å². The van der Waals surface area contributed by atoms with Crippen LogP contribution in [0, 0.1) is 12.3 Å². The van der Waals surface area contributed by atoms with E-state index in [1.807, 2.05) is 6.92 Å². The standard InChI is InChI=1S/C25H36N4O5/c1-7-9-16-27-22(31)21(18-12-10-17(8-2)11-13-18)29(6)23(32)19(14-15-20(26)30)28-24(33)34-25(3,4)5/h2,10-13,19,21H,7,9,14-16H2,1,3-6H3,(H2,26,30)(H,27,31)(H,28,33). The summed E-state index contributed by atoms with van der Waals surface area (Å²) in [6, 6.07) is 4.63. The van der Waals surface area contributed by atoms with Crippen LogP contribution in [-0.2, 0) is 19.1 Å². The number of rotatable bonds is 11. The van der Waals surface area contributed by atoms with Gasteiger partial charge < -0.3 is 26.0 Å². The van der Waals surface area contributed by atoms with Crippen LogP contribution in [0.1, 0.15) is 70.5 Å². The van der Waals surface area contributed by atoms with E-state index in [1.54, 1.807) is 45.0 Å². The molecule has 0 aliphatic carbocycles. The first-order valence-electron chi connectivity index (χ1n) is 11.3. The number of primary amides is 1. The number of nitrogens with one attached hydrogen (secondary N) is 2. The summed E-state index contributed by atoms with van der Waals surface area (Å²) >= 11 is 0. The van der Waals surface area contributed by atoms with Gasteiger partial charge in [-0.1, -0.05) is 31.4 Å². The molecule has 186 valence electrons. The average Bonchev–Trinajstić information content (AvgIpc) is 2.75. The van der Waals surface area contributed by atoms with Crippen LogP contribution in [0.25, 0.3) is 0 Å². The Morgan fingerprint density at radius 3 is 2.29 bits per heavy atom. The summed E-state index contributed by atoms with van der Waals surface area (Å²) in [5.41, 5.74) is 5.66. The molecule has 0 spiro atoms. The van der Waals surface area contributed by atoms with E-state index in [1.165, 1.54) is 11.9 Å². The third-order valence-electron chi connectivity index (χ3n) is 4.87. The van der Waals surface area contributed by atoms with Crippen molar-refractivity contribution >= 4 is 23.8 Å². The number of alkyl carbamates (subject to hydrolysis) is 1. The van der Waals surface area contributed by atoms with E-state index in [0.29, 0.717) is 17.7 Å². The van der Waals surface area contributed by atoms with E-state index in [4.69, 9.17) is 16.9 Å². The molecule has 0 fully saturated rings. The highest BCUT2D eigenvalue weighted by atomic mass is 16.6. The Bertz CT molecular complexity index is 899. The van der Waals surface area contributed by atoms with Gasteiger partial charge in [-0.05, 0) is 51.3 Å². The first kappa shape index (κ1) is 28.5. The van der Waals surface area contributed by atoms with Crippen molar-refractivity contribution in [1.29, 1.82) is 0 Å². The zero-order valence-corrected chi connectivity index (χ0v) is 20.6. The van der Waals surface area contributed by atoms with Crippen LogP contribution >= 0.6 is 0 Å². The number of hydrogen-bond acceptors (Lipinski definition) is 5. The Hall–Kier alpha value is -3.54. The number of carbonyl (C=O) groups is 4. The van der Waals surface area contributed by atoms with Crippen LogP contribution in [-0.4, -0.2) is 54.0 Å². The number of hydrogen-bond donors (Lipinski definition) is 3. The van der Waals surface area contributed by atoms with Crippen LogP contribution < -0.4 is 16.4 Å². The van der Waals surface area contributed by atoms with Gasteiger partial charge >= 0.3 is 6.09 Å². The normalized spacial score (nSPS) is 12.6. The number of ether oxygens (including phenoxy) is 1. The first-order valence-corrected chi connectivity index (χ1v) is 11.3. The summed E-state index contributed by atoms with van der Waals surface area (Å²) in [7, 11) is 1.47. The predicted molar refractivity (Wildman–Crippen MR) is 129 cm³/mol. The molecule has 9 heteroatoms. The second-order valence-electron chi connectivity index (χ2n) is 8.97. The monoisotopic (exact) mass is 472 g/mol. The molecule has 0 aliphatic heterocycles. The van der Waals surface area contributed by atoms with Gasteiger partial charge in [0.1, 0.15) is 17.7 Å². The molecule has 4 amide bonds. The molecule has 0 radical (unpaired) electrons. The molecule has 9 nitrogen and oxygen atoms in total. The fourth-order valence-corrected chi connectivity index (χ4v) is 3.16. The Balaban J connectivity index is 3.23. The van der Waals surface area contributed by atoms with Gasteiger partial charge in [-0.25, -0.2) is 4.79 Å². The highest BCUT2D eigenvalue weighted by Gasteiger charge is 2.34. The lowest BCUT2D eigenvalue weighted by molar-refractivity contribution is -0.141. The maximum absolute atomic E-state index is 13.4. The summed E-state index contributed by atoms with van der Waals surface area (Å²) in [5, 5.41) is 5.36.